The summed E-state index contributed by atoms with van der Waals surface area (Å²) < 4.78 is 4.63. The van der Waals surface area contributed by atoms with Crippen molar-refractivity contribution in [2.75, 3.05) is 7.11 Å². The van der Waals surface area contributed by atoms with Crippen LogP contribution < -0.4 is 0 Å². The zero-order chi connectivity index (χ0) is 15.6. The first-order valence-electron chi connectivity index (χ1n) is 9.38. The molecular weight excluding hydrogens is 262 g/mol. The summed E-state index contributed by atoms with van der Waals surface area (Å²) in [6, 6.07) is 0. The molecule has 0 aromatic carbocycles. The van der Waals surface area contributed by atoms with Crippen LogP contribution in [0.15, 0.2) is 0 Å². The molecule has 126 valence electrons. The van der Waals surface area contributed by atoms with Gasteiger partial charge in [0.2, 0.25) is 0 Å². The largest absolute Gasteiger partial charge is 0.469 e. The highest BCUT2D eigenvalue weighted by Gasteiger charge is 1.99. The molecule has 0 saturated heterocycles. The average Bonchev–Trinajstić information content (AvgIpc) is 2.50. The predicted molar refractivity (Wildman–Crippen MR) is 91.6 cm³/mol. The van der Waals surface area contributed by atoms with Crippen LogP contribution in [0, 0.1) is 0 Å². The topological polar surface area (TPSA) is 26.3 Å². The Morgan fingerprint density at radius 3 is 1.29 bits per heavy atom. The number of unbranched alkanes of at least 4 members (excludes halogenated alkanes) is 14. The van der Waals surface area contributed by atoms with Gasteiger partial charge in [0, 0.05) is 6.42 Å². The number of ether oxygens (including phenoxy) is 1. The normalized spacial score (nSPS) is 10.8. The second-order valence-corrected chi connectivity index (χ2v) is 6.28. The lowest BCUT2D eigenvalue weighted by Gasteiger charge is -2.03. The van der Waals surface area contributed by atoms with E-state index in [0.29, 0.717) is 6.42 Å². The minimum Gasteiger partial charge on any atom is -0.469 e. The zero-order valence-corrected chi connectivity index (χ0v) is 14.6. The Hall–Kier alpha value is -0.530. The van der Waals surface area contributed by atoms with Gasteiger partial charge in [0.1, 0.15) is 0 Å². The maximum absolute atomic E-state index is 10.9. The van der Waals surface area contributed by atoms with E-state index < -0.39 is 0 Å². The van der Waals surface area contributed by atoms with Gasteiger partial charge in [-0.3, -0.25) is 4.79 Å². The van der Waals surface area contributed by atoms with Gasteiger partial charge in [0.15, 0.2) is 0 Å². The summed E-state index contributed by atoms with van der Waals surface area (Å²) in [6.45, 7) is 2.28. The quantitative estimate of drug-likeness (QED) is 0.243. The predicted octanol–water partition coefficient (Wildman–Crippen LogP) is 6.42. The van der Waals surface area contributed by atoms with Crippen molar-refractivity contribution in [3.05, 3.63) is 0 Å². The van der Waals surface area contributed by atoms with Gasteiger partial charge < -0.3 is 4.74 Å². The fourth-order valence-electron chi connectivity index (χ4n) is 2.74. The van der Waals surface area contributed by atoms with Crippen LogP contribution in [-0.4, -0.2) is 13.1 Å². The van der Waals surface area contributed by atoms with E-state index in [1.807, 2.05) is 0 Å². The van der Waals surface area contributed by atoms with Crippen LogP contribution in [0.4, 0.5) is 0 Å². The van der Waals surface area contributed by atoms with Gasteiger partial charge in [0.05, 0.1) is 7.11 Å². The first kappa shape index (κ1) is 20.5. The molecule has 0 aliphatic heterocycles. The van der Waals surface area contributed by atoms with Crippen molar-refractivity contribution in [1.29, 1.82) is 0 Å². The van der Waals surface area contributed by atoms with Crippen LogP contribution in [0.3, 0.4) is 0 Å². The molecule has 0 N–H and O–H groups in total. The number of hydrogen-bond donors (Lipinski definition) is 0. The van der Waals surface area contributed by atoms with Gasteiger partial charge in [-0.05, 0) is 6.42 Å². The molecule has 0 saturated carbocycles. The van der Waals surface area contributed by atoms with E-state index in [-0.39, 0.29) is 5.97 Å². The minimum absolute atomic E-state index is 0.0651. The zero-order valence-electron chi connectivity index (χ0n) is 14.6. The number of hydrogen-bond acceptors (Lipinski definition) is 2. The fourth-order valence-corrected chi connectivity index (χ4v) is 2.74. The third kappa shape index (κ3) is 17.4. The van der Waals surface area contributed by atoms with Gasteiger partial charge in [-0.2, -0.15) is 0 Å². The summed E-state index contributed by atoms with van der Waals surface area (Å²) in [5.41, 5.74) is 0. The van der Waals surface area contributed by atoms with Crippen LogP contribution in [0.2, 0.25) is 0 Å². The lowest BCUT2D eigenvalue weighted by molar-refractivity contribution is -0.140. The van der Waals surface area contributed by atoms with Crippen LogP contribution in [0.5, 0.6) is 0 Å². The van der Waals surface area contributed by atoms with E-state index in [1.165, 1.54) is 97.0 Å². The molecule has 0 rings (SSSR count). The Morgan fingerprint density at radius 2 is 0.952 bits per heavy atom. The molecule has 0 heterocycles. The second-order valence-electron chi connectivity index (χ2n) is 6.28. The Balaban J connectivity index is 2.98. The van der Waals surface area contributed by atoms with Crippen molar-refractivity contribution in [1.82, 2.24) is 0 Å². The first-order chi connectivity index (χ1) is 10.3. The van der Waals surface area contributed by atoms with Crippen molar-refractivity contribution in [3.8, 4) is 0 Å². The third-order valence-corrected chi connectivity index (χ3v) is 4.21. The van der Waals surface area contributed by atoms with Gasteiger partial charge in [0.25, 0.3) is 0 Å². The Morgan fingerprint density at radius 1 is 0.619 bits per heavy atom. The highest BCUT2D eigenvalue weighted by atomic mass is 16.7. The molecule has 0 amide bonds. The number of methoxy groups -OCH3 is 1. The second kappa shape index (κ2) is 17.5. The molecule has 0 spiro atoms. The van der Waals surface area contributed by atoms with Gasteiger partial charge in [-0.1, -0.05) is 96.8 Å². The van der Waals surface area contributed by atoms with Crippen LogP contribution >= 0.6 is 0 Å². The lowest BCUT2D eigenvalue weighted by Crippen LogP contribution is -1.99. The molecule has 2 heteroatoms. The number of carbonyl (C=O) groups excluding carboxylic acids is 1. The molecule has 0 aromatic rings. The summed E-state index contributed by atoms with van der Waals surface area (Å²) in [5.74, 6) is -0.0651. The van der Waals surface area contributed by atoms with Crippen LogP contribution in [0.1, 0.15) is 110 Å². The van der Waals surface area contributed by atoms with E-state index in [2.05, 4.69) is 11.7 Å². The summed E-state index contributed by atoms with van der Waals surface area (Å²) in [7, 11) is 1.47. The summed E-state index contributed by atoms with van der Waals surface area (Å²) in [4.78, 5) is 10.9. The highest BCUT2D eigenvalue weighted by Crippen LogP contribution is 2.13. The Bertz CT molecular complexity index is 214. The fraction of sp³-hybridized carbons (Fsp3) is 0.947. The van der Waals surface area contributed by atoms with Gasteiger partial charge in [-0.15, -0.1) is 0 Å². The molecule has 21 heavy (non-hydrogen) atoms. The Labute approximate surface area is 133 Å². The molecule has 2 nitrogen and oxygen atoms in total. The molecule has 0 fully saturated rings. The SMILES string of the molecule is CCCCCCCCCCCCCCCCC[14C](=O)OC. The van der Waals surface area contributed by atoms with E-state index in [9.17, 15) is 4.79 Å². The van der Waals surface area contributed by atoms with E-state index in [4.69, 9.17) is 0 Å². The minimum atomic E-state index is -0.0651. The summed E-state index contributed by atoms with van der Waals surface area (Å²) in [6.07, 6.45) is 20.9. The van der Waals surface area contributed by atoms with E-state index in [0.717, 1.165) is 6.42 Å². The molecule has 0 aliphatic carbocycles. The van der Waals surface area contributed by atoms with Crippen LogP contribution in [0.25, 0.3) is 0 Å². The standard InChI is InChI=1S/C19H38O2/c1-3-4-5-6-7-8-9-10-11-12-13-14-15-16-17-18-19(20)21-2/h3-18H2,1-2H3/i19+2. The Kier molecular flexibility index (Phi) is 17.1. The van der Waals surface area contributed by atoms with Crippen LogP contribution in [-0.2, 0) is 9.53 Å². The number of carbonyl (C=O) groups is 1. The molecule has 0 atom stereocenters. The monoisotopic (exact) mass is 300 g/mol. The molecular formula is C19H38O2. The molecule has 0 radical (unpaired) electrons. The molecule has 0 bridgehead atoms. The number of rotatable bonds is 16. The molecule has 0 aromatic heterocycles. The highest BCUT2D eigenvalue weighted by molar-refractivity contribution is 5.68. The molecule has 0 unspecified atom stereocenters. The third-order valence-electron chi connectivity index (χ3n) is 4.21. The van der Waals surface area contributed by atoms with E-state index in [1.54, 1.807) is 0 Å². The lowest BCUT2D eigenvalue weighted by atomic mass is 10.0. The van der Waals surface area contributed by atoms with Crippen molar-refractivity contribution < 1.29 is 9.53 Å². The van der Waals surface area contributed by atoms with Crippen molar-refractivity contribution in [3.63, 3.8) is 0 Å². The van der Waals surface area contributed by atoms with Crippen molar-refractivity contribution >= 4 is 5.97 Å². The van der Waals surface area contributed by atoms with Gasteiger partial charge >= 0.3 is 5.97 Å². The maximum atomic E-state index is 10.9. The maximum Gasteiger partial charge on any atom is 0.305 e. The summed E-state index contributed by atoms with van der Waals surface area (Å²) in [5, 5.41) is 0. The average molecular weight is 301 g/mol. The van der Waals surface area contributed by atoms with E-state index >= 15 is 0 Å². The molecule has 0 aliphatic rings. The first-order valence-corrected chi connectivity index (χ1v) is 9.38. The van der Waals surface area contributed by atoms with Crippen molar-refractivity contribution in [2.24, 2.45) is 0 Å². The smallest absolute Gasteiger partial charge is 0.305 e. The van der Waals surface area contributed by atoms with Gasteiger partial charge in [-0.25, -0.2) is 0 Å². The number of esters is 1. The van der Waals surface area contributed by atoms with Crippen molar-refractivity contribution in [2.45, 2.75) is 110 Å². The summed E-state index contributed by atoms with van der Waals surface area (Å²) >= 11 is 0.